The maximum atomic E-state index is 4.49. The standard InChI is InChI=1S/C13H17N5S/c1-7-6-11(18-12(14-5)15-7)19-13-16-9(3)8(2)10(4)17-13/h6H,1-5H3,(H,14,15,18). The Kier molecular flexibility index (Phi) is 3.99. The van der Waals surface area contributed by atoms with Crippen molar-refractivity contribution in [3.63, 3.8) is 0 Å². The molecule has 100 valence electrons. The maximum Gasteiger partial charge on any atom is 0.223 e. The molecule has 2 heterocycles. The van der Waals surface area contributed by atoms with Gasteiger partial charge < -0.3 is 5.32 Å². The molecule has 0 saturated carbocycles. The highest BCUT2D eigenvalue weighted by Gasteiger charge is 2.08. The third kappa shape index (κ3) is 3.20. The summed E-state index contributed by atoms with van der Waals surface area (Å²) < 4.78 is 0. The molecule has 0 amide bonds. The molecule has 5 nitrogen and oxygen atoms in total. The average Bonchev–Trinajstić information content (AvgIpc) is 2.35. The van der Waals surface area contributed by atoms with Gasteiger partial charge in [0, 0.05) is 24.1 Å². The summed E-state index contributed by atoms with van der Waals surface area (Å²) in [6.07, 6.45) is 0. The highest BCUT2D eigenvalue weighted by Crippen LogP contribution is 2.25. The van der Waals surface area contributed by atoms with E-state index in [1.807, 2.05) is 33.8 Å². The SMILES string of the molecule is CNc1nc(C)cc(Sc2nc(C)c(C)c(C)n2)n1. The predicted octanol–water partition coefficient (Wildman–Crippen LogP) is 2.69. The number of aromatic nitrogens is 4. The molecule has 0 saturated heterocycles. The van der Waals surface area contributed by atoms with Gasteiger partial charge in [-0.25, -0.2) is 19.9 Å². The van der Waals surface area contributed by atoms with Crippen molar-refractivity contribution in [3.05, 3.63) is 28.7 Å². The number of nitrogens with zero attached hydrogens (tertiary/aromatic N) is 4. The number of rotatable bonds is 3. The highest BCUT2D eigenvalue weighted by molar-refractivity contribution is 7.99. The molecule has 2 aromatic heterocycles. The quantitative estimate of drug-likeness (QED) is 0.686. The molecule has 0 bridgehead atoms. The lowest BCUT2D eigenvalue weighted by Gasteiger charge is -2.07. The molecule has 0 aromatic carbocycles. The number of aryl methyl sites for hydroxylation is 3. The van der Waals surface area contributed by atoms with Gasteiger partial charge >= 0.3 is 0 Å². The minimum Gasteiger partial charge on any atom is -0.357 e. The number of hydrogen-bond acceptors (Lipinski definition) is 6. The van der Waals surface area contributed by atoms with Gasteiger partial charge in [0.05, 0.1) is 0 Å². The summed E-state index contributed by atoms with van der Waals surface area (Å²) >= 11 is 1.45. The monoisotopic (exact) mass is 275 g/mol. The van der Waals surface area contributed by atoms with Crippen molar-refractivity contribution in [2.45, 2.75) is 37.9 Å². The molecule has 2 rings (SSSR count). The summed E-state index contributed by atoms with van der Waals surface area (Å²) in [6, 6.07) is 1.93. The molecule has 0 aliphatic heterocycles. The molecule has 6 heteroatoms. The van der Waals surface area contributed by atoms with Crippen molar-refractivity contribution in [1.82, 2.24) is 19.9 Å². The van der Waals surface area contributed by atoms with Crippen molar-refractivity contribution >= 4 is 17.7 Å². The van der Waals surface area contributed by atoms with Gasteiger partial charge in [-0.3, -0.25) is 0 Å². The Labute approximate surface area is 117 Å². The molecule has 0 unspecified atom stereocenters. The molecule has 1 N–H and O–H groups in total. The molecule has 2 aromatic rings. The lowest BCUT2D eigenvalue weighted by molar-refractivity contribution is 0.876. The van der Waals surface area contributed by atoms with Crippen LogP contribution in [0.2, 0.25) is 0 Å². The van der Waals surface area contributed by atoms with Gasteiger partial charge in [0.25, 0.3) is 0 Å². The molecule has 0 fully saturated rings. The van der Waals surface area contributed by atoms with Crippen molar-refractivity contribution < 1.29 is 0 Å². The molecule has 0 aliphatic rings. The molecular formula is C13H17N5S. The summed E-state index contributed by atoms with van der Waals surface area (Å²) in [5.41, 5.74) is 4.07. The summed E-state index contributed by atoms with van der Waals surface area (Å²) in [4.78, 5) is 17.6. The van der Waals surface area contributed by atoms with E-state index < -0.39 is 0 Å². The van der Waals surface area contributed by atoms with Crippen LogP contribution in [-0.4, -0.2) is 27.0 Å². The van der Waals surface area contributed by atoms with Gasteiger partial charge in [-0.1, -0.05) is 0 Å². The first-order valence-corrected chi connectivity index (χ1v) is 6.84. The van der Waals surface area contributed by atoms with Crippen molar-refractivity contribution in [1.29, 1.82) is 0 Å². The van der Waals surface area contributed by atoms with Crippen LogP contribution in [0.1, 0.15) is 22.6 Å². The Morgan fingerprint density at radius 1 is 0.947 bits per heavy atom. The lowest BCUT2D eigenvalue weighted by Crippen LogP contribution is -2.01. The first kappa shape index (κ1) is 13.7. The van der Waals surface area contributed by atoms with E-state index in [9.17, 15) is 0 Å². The zero-order valence-corrected chi connectivity index (χ0v) is 12.6. The van der Waals surface area contributed by atoms with Gasteiger partial charge in [-0.05, 0) is 51.1 Å². The van der Waals surface area contributed by atoms with E-state index in [0.29, 0.717) is 5.95 Å². The van der Waals surface area contributed by atoms with Crippen LogP contribution >= 0.6 is 11.8 Å². The third-order valence-corrected chi connectivity index (χ3v) is 3.65. The smallest absolute Gasteiger partial charge is 0.223 e. The topological polar surface area (TPSA) is 63.6 Å². The van der Waals surface area contributed by atoms with Gasteiger partial charge in [-0.2, -0.15) is 0 Å². The largest absolute Gasteiger partial charge is 0.357 e. The second-order valence-corrected chi connectivity index (χ2v) is 5.31. The minimum absolute atomic E-state index is 0.614. The Morgan fingerprint density at radius 2 is 1.58 bits per heavy atom. The average molecular weight is 275 g/mol. The van der Waals surface area contributed by atoms with E-state index in [4.69, 9.17) is 0 Å². The first-order chi connectivity index (χ1) is 8.99. The number of anilines is 1. The Hall–Kier alpha value is -1.69. The van der Waals surface area contributed by atoms with Crippen LogP contribution < -0.4 is 5.32 Å². The van der Waals surface area contributed by atoms with Gasteiger partial charge in [0.15, 0.2) is 5.16 Å². The zero-order valence-electron chi connectivity index (χ0n) is 11.8. The van der Waals surface area contributed by atoms with Gasteiger partial charge in [0.2, 0.25) is 5.95 Å². The fourth-order valence-electron chi connectivity index (χ4n) is 1.58. The highest BCUT2D eigenvalue weighted by atomic mass is 32.2. The van der Waals surface area contributed by atoms with Crippen LogP contribution in [0.3, 0.4) is 0 Å². The summed E-state index contributed by atoms with van der Waals surface area (Å²) in [7, 11) is 1.81. The maximum absolute atomic E-state index is 4.49. The summed E-state index contributed by atoms with van der Waals surface area (Å²) in [5.74, 6) is 0.614. The van der Waals surface area contributed by atoms with E-state index in [1.54, 1.807) is 7.05 Å². The zero-order chi connectivity index (χ0) is 14.0. The normalized spacial score (nSPS) is 10.6. The lowest BCUT2D eigenvalue weighted by atomic mass is 10.2. The van der Waals surface area contributed by atoms with Crippen molar-refractivity contribution in [2.75, 3.05) is 12.4 Å². The van der Waals surface area contributed by atoms with E-state index in [2.05, 4.69) is 25.3 Å². The fourth-order valence-corrected chi connectivity index (χ4v) is 2.50. The van der Waals surface area contributed by atoms with Gasteiger partial charge in [-0.15, -0.1) is 0 Å². The van der Waals surface area contributed by atoms with Crippen molar-refractivity contribution in [2.24, 2.45) is 0 Å². The van der Waals surface area contributed by atoms with E-state index >= 15 is 0 Å². The molecule has 0 spiro atoms. The molecule has 0 radical (unpaired) electrons. The van der Waals surface area contributed by atoms with Crippen LogP contribution in [-0.2, 0) is 0 Å². The number of nitrogens with one attached hydrogen (secondary N) is 1. The summed E-state index contributed by atoms with van der Waals surface area (Å²) in [5, 5.41) is 4.52. The molecule has 0 aliphatic carbocycles. The van der Waals surface area contributed by atoms with E-state index in [1.165, 1.54) is 11.8 Å². The van der Waals surface area contributed by atoms with Crippen LogP contribution in [0, 0.1) is 27.7 Å². The fraction of sp³-hybridized carbons (Fsp3) is 0.385. The van der Waals surface area contributed by atoms with Crippen LogP contribution in [0.5, 0.6) is 0 Å². The molecule has 0 atom stereocenters. The van der Waals surface area contributed by atoms with Crippen molar-refractivity contribution in [3.8, 4) is 0 Å². The Balaban J connectivity index is 2.33. The van der Waals surface area contributed by atoms with E-state index in [0.717, 1.165) is 32.8 Å². The summed E-state index contributed by atoms with van der Waals surface area (Å²) in [6.45, 7) is 7.97. The minimum atomic E-state index is 0.614. The first-order valence-electron chi connectivity index (χ1n) is 6.02. The van der Waals surface area contributed by atoms with Gasteiger partial charge in [0.1, 0.15) is 5.03 Å². The Bertz CT molecular complexity index is 589. The van der Waals surface area contributed by atoms with Crippen LogP contribution in [0.15, 0.2) is 16.2 Å². The molecule has 19 heavy (non-hydrogen) atoms. The van der Waals surface area contributed by atoms with E-state index in [-0.39, 0.29) is 0 Å². The second kappa shape index (κ2) is 5.52. The van der Waals surface area contributed by atoms with Crippen LogP contribution in [0.4, 0.5) is 5.95 Å². The predicted molar refractivity (Wildman–Crippen MR) is 76.7 cm³/mol. The van der Waals surface area contributed by atoms with Crippen LogP contribution in [0.25, 0.3) is 0 Å². The second-order valence-electron chi connectivity index (χ2n) is 4.33. The molecular weight excluding hydrogens is 258 g/mol. The number of hydrogen-bond donors (Lipinski definition) is 1. The Morgan fingerprint density at radius 3 is 2.16 bits per heavy atom. The third-order valence-electron chi connectivity index (χ3n) is 2.86.